The van der Waals surface area contributed by atoms with Gasteiger partial charge < -0.3 is 9.53 Å². The first-order valence-electron chi connectivity index (χ1n) is 2.48. The van der Waals surface area contributed by atoms with Crippen LogP contribution in [0.4, 0.5) is 0 Å². The molecule has 0 amide bonds. The Morgan fingerprint density at radius 2 is 2.50 bits per heavy atom. The first-order chi connectivity index (χ1) is 3.81. The number of ether oxygens (including phenoxy) is 1. The average Bonchev–Trinajstić information content (AvgIpc) is 1.83. The summed E-state index contributed by atoms with van der Waals surface area (Å²) in [5.74, 6) is 0. The molecule has 0 heterocycles. The minimum absolute atomic E-state index is 0.137. The molecule has 2 nitrogen and oxygen atoms in total. The number of carbonyl (C=O) groups excluding carboxylic acids is 1. The van der Waals surface area contributed by atoms with Crippen LogP contribution >= 0.6 is 15.9 Å². The maximum atomic E-state index is 9.88. The van der Waals surface area contributed by atoms with Crippen LogP contribution in [-0.2, 0) is 9.53 Å². The van der Waals surface area contributed by atoms with Crippen molar-refractivity contribution in [2.75, 3.05) is 13.2 Å². The molecule has 0 saturated heterocycles. The molecule has 1 unspecified atom stereocenters. The molecule has 0 saturated carbocycles. The second-order valence-corrected chi connectivity index (χ2v) is 2.49. The Morgan fingerprint density at radius 3 is 2.88 bits per heavy atom. The van der Waals surface area contributed by atoms with Crippen molar-refractivity contribution in [3.63, 3.8) is 0 Å². The van der Waals surface area contributed by atoms with Gasteiger partial charge in [0.05, 0.1) is 11.4 Å². The lowest BCUT2D eigenvalue weighted by Crippen LogP contribution is -2.08. The van der Waals surface area contributed by atoms with Crippen molar-refractivity contribution in [1.82, 2.24) is 0 Å². The highest BCUT2D eigenvalue weighted by Crippen LogP contribution is 1.94. The molecule has 48 valence electrons. The average molecular weight is 181 g/mol. The van der Waals surface area contributed by atoms with Crippen molar-refractivity contribution < 1.29 is 9.53 Å². The summed E-state index contributed by atoms with van der Waals surface area (Å²) in [5.41, 5.74) is 0. The fourth-order valence-electron chi connectivity index (χ4n) is 0.270. The molecule has 8 heavy (non-hydrogen) atoms. The van der Waals surface area contributed by atoms with Gasteiger partial charge in [-0.05, 0) is 6.92 Å². The standard InChI is InChI=1S/C5H9BrO2/c1-2-8-4-5(6)3-7/h3,5H,2,4H2,1H3. The molecule has 0 aliphatic heterocycles. The van der Waals surface area contributed by atoms with E-state index in [0.717, 1.165) is 6.29 Å². The fraction of sp³-hybridized carbons (Fsp3) is 0.800. The van der Waals surface area contributed by atoms with E-state index in [1.54, 1.807) is 0 Å². The lowest BCUT2D eigenvalue weighted by Gasteiger charge is -1.98. The third kappa shape index (κ3) is 4.27. The summed E-state index contributed by atoms with van der Waals surface area (Å²) < 4.78 is 4.91. The Hall–Kier alpha value is 0.110. The van der Waals surface area contributed by atoms with Crippen LogP contribution in [-0.4, -0.2) is 24.3 Å². The molecule has 0 aliphatic carbocycles. The van der Waals surface area contributed by atoms with Gasteiger partial charge in [-0.25, -0.2) is 0 Å². The van der Waals surface area contributed by atoms with Crippen molar-refractivity contribution in [1.29, 1.82) is 0 Å². The highest BCUT2D eigenvalue weighted by Gasteiger charge is 1.97. The Kier molecular flexibility index (Phi) is 5.32. The van der Waals surface area contributed by atoms with Gasteiger partial charge in [-0.3, -0.25) is 0 Å². The Morgan fingerprint density at radius 1 is 1.88 bits per heavy atom. The molecule has 1 atom stereocenters. The van der Waals surface area contributed by atoms with Crippen molar-refractivity contribution in [3.8, 4) is 0 Å². The van der Waals surface area contributed by atoms with Gasteiger partial charge in [0.2, 0.25) is 0 Å². The van der Waals surface area contributed by atoms with Crippen LogP contribution in [0.25, 0.3) is 0 Å². The summed E-state index contributed by atoms with van der Waals surface area (Å²) in [7, 11) is 0. The first-order valence-corrected chi connectivity index (χ1v) is 3.40. The summed E-state index contributed by atoms with van der Waals surface area (Å²) in [5, 5.41) is 0. The summed E-state index contributed by atoms with van der Waals surface area (Å²) in [6.07, 6.45) is 0.815. The van der Waals surface area contributed by atoms with Gasteiger partial charge in [-0.2, -0.15) is 0 Å². The quantitative estimate of drug-likeness (QED) is 0.477. The van der Waals surface area contributed by atoms with Crippen LogP contribution in [0.3, 0.4) is 0 Å². The normalized spacial score (nSPS) is 13.2. The van der Waals surface area contributed by atoms with Gasteiger partial charge in [0.15, 0.2) is 0 Å². The zero-order chi connectivity index (χ0) is 6.41. The van der Waals surface area contributed by atoms with Crippen LogP contribution in [0.15, 0.2) is 0 Å². The van der Waals surface area contributed by atoms with Crippen LogP contribution in [0, 0.1) is 0 Å². The second kappa shape index (κ2) is 5.25. The number of hydrogen-bond donors (Lipinski definition) is 0. The topological polar surface area (TPSA) is 26.3 Å². The van der Waals surface area contributed by atoms with E-state index in [2.05, 4.69) is 15.9 Å². The third-order valence-corrected chi connectivity index (χ3v) is 1.11. The van der Waals surface area contributed by atoms with Crippen LogP contribution in [0.2, 0.25) is 0 Å². The maximum Gasteiger partial charge on any atom is 0.135 e. The Labute approximate surface area is 57.3 Å². The van der Waals surface area contributed by atoms with E-state index in [1.807, 2.05) is 6.92 Å². The molecule has 0 aromatic carbocycles. The lowest BCUT2D eigenvalue weighted by molar-refractivity contribution is -0.108. The smallest absolute Gasteiger partial charge is 0.135 e. The molecule has 3 heteroatoms. The lowest BCUT2D eigenvalue weighted by atomic mass is 10.5. The predicted octanol–water partition coefficient (Wildman–Crippen LogP) is 0.985. The molecular weight excluding hydrogens is 172 g/mol. The van der Waals surface area contributed by atoms with Gasteiger partial charge >= 0.3 is 0 Å². The van der Waals surface area contributed by atoms with E-state index in [4.69, 9.17) is 4.74 Å². The highest BCUT2D eigenvalue weighted by molar-refractivity contribution is 9.10. The first kappa shape index (κ1) is 8.11. The molecule has 0 spiro atoms. The summed E-state index contributed by atoms with van der Waals surface area (Å²) in [4.78, 5) is 9.75. The number of carbonyl (C=O) groups is 1. The Bertz CT molecular complexity index is 65.4. The van der Waals surface area contributed by atoms with E-state index < -0.39 is 0 Å². The zero-order valence-corrected chi connectivity index (χ0v) is 6.35. The number of aldehydes is 1. The van der Waals surface area contributed by atoms with Crippen molar-refractivity contribution in [2.24, 2.45) is 0 Å². The van der Waals surface area contributed by atoms with Crippen LogP contribution in [0.1, 0.15) is 6.92 Å². The minimum Gasteiger partial charge on any atom is -0.380 e. The van der Waals surface area contributed by atoms with E-state index in [1.165, 1.54) is 0 Å². The van der Waals surface area contributed by atoms with Gasteiger partial charge in [0.1, 0.15) is 6.29 Å². The highest BCUT2D eigenvalue weighted by atomic mass is 79.9. The van der Waals surface area contributed by atoms with E-state index in [-0.39, 0.29) is 4.83 Å². The van der Waals surface area contributed by atoms with Crippen LogP contribution in [0.5, 0.6) is 0 Å². The summed E-state index contributed by atoms with van der Waals surface area (Å²) in [6, 6.07) is 0. The van der Waals surface area contributed by atoms with Crippen molar-refractivity contribution in [3.05, 3.63) is 0 Å². The number of halogens is 1. The zero-order valence-electron chi connectivity index (χ0n) is 4.76. The molecule has 0 rings (SSSR count). The summed E-state index contributed by atoms with van der Waals surface area (Å²) >= 11 is 3.08. The summed E-state index contributed by atoms with van der Waals surface area (Å²) in [6.45, 7) is 3.03. The maximum absolute atomic E-state index is 9.88. The Balaban J connectivity index is 2.98. The molecule has 0 aliphatic rings. The van der Waals surface area contributed by atoms with Crippen molar-refractivity contribution >= 4 is 22.2 Å². The molecule has 0 N–H and O–H groups in total. The van der Waals surface area contributed by atoms with Crippen LogP contribution < -0.4 is 0 Å². The van der Waals surface area contributed by atoms with Gasteiger partial charge in [-0.15, -0.1) is 0 Å². The van der Waals surface area contributed by atoms with E-state index in [9.17, 15) is 4.79 Å². The SMILES string of the molecule is CCOCC(Br)C=O. The van der Waals surface area contributed by atoms with Gasteiger partial charge in [-0.1, -0.05) is 15.9 Å². The molecular formula is C5H9BrO2. The number of alkyl halides is 1. The molecule has 0 aromatic rings. The fourth-order valence-corrected chi connectivity index (χ4v) is 0.457. The minimum atomic E-state index is -0.137. The molecule has 0 bridgehead atoms. The molecule has 0 radical (unpaired) electrons. The largest absolute Gasteiger partial charge is 0.380 e. The van der Waals surface area contributed by atoms with E-state index >= 15 is 0 Å². The second-order valence-electron chi connectivity index (χ2n) is 1.31. The van der Waals surface area contributed by atoms with Gasteiger partial charge in [0.25, 0.3) is 0 Å². The number of rotatable bonds is 4. The molecule has 0 aromatic heterocycles. The van der Waals surface area contributed by atoms with Gasteiger partial charge in [0, 0.05) is 6.61 Å². The number of hydrogen-bond acceptors (Lipinski definition) is 2. The monoisotopic (exact) mass is 180 g/mol. The predicted molar refractivity (Wildman–Crippen MR) is 35.3 cm³/mol. The molecule has 0 fully saturated rings. The third-order valence-electron chi connectivity index (χ3n) is 0.629. The van der Waals surface area contributed by atoms with E-state index in [0.29, 0.717) is 13.2 Å². The van der Waals surface area contributed by atoms with Crippen molar-refractivity contribution in [2.45, 2.75) is 11.8 Å².